The third-order valence-electron chi connectivity index (χ3n) is 5.57. The van der Waals surface area contributed by atoms with E-state index >= 15 is 0 Å². The maximum Gasteiger partial charge on any atom is 0.221 e. The predicted octanol–water partition coefficient (Wildman–Crippen LogP) is 6.06. The van der Waals surface area contributed by atoms with Crippen LogP contribution in [0.25, 0.3) is 22.0 Å². The first-order valence-corrected chi connectivity index (χ1v) is 9.91. The normalized spacial score (nSPS) is 12.4. The highest BCUT2D eigenvalue weighted by Crippen LogP contribution is 2.33. The lowest BCUT2D eigenvalue weighted by molar-refractivity contribution is -0.671. The Kier molecular flexibility index (Phi) is 4.83. The Morgan fingerprint density at radius 2 is 1.64 bits per heavy atom. The number of aryl methyl sites for hydroxylation is 1. The molecule has 3 aromatic rings. The van der Waals surface area contributed by atoms with E-state index in [1.165, 1.54) is 78.1 Å². The molecule has 0 atom stereocenters. The van der Waals surface area contributed by atoms with Gasteiger partial charge in [-0.05, 0) is 35.9 Å². The highest BCUT2D eigenvalue weighted by Gasteiger charge is 2.27. The van der Waals surface area contributed by atoms with Crippen LogP contribution < -0.4 is 4.57 Å². The fourth-order valence-corrected chi connectivity index (χ4v) is 4.23. The molecule has 128 valence electrons. The molecule has 0 amide bonds. The molecular formula is C24H28N+. The maximum atomic E-state index is 2.40. The van der Waals surface area contributed by atoms with Crippen LogP contribution in [0.5, 0.6) is 0 Å². The molecule has 2 aromatic carbocycles. The van der Waals surface area contributed by atoms with Gasteiger partial charge in [0.15, 0.2) is 12.7 Å². The van der Waals surface area contributed by atoms with Crippen LogP contribution in [-0.2, 0) is 13.0 Å². The van der Waals surface area contributed by atoms with Crippen molar-refractivity contribution in [3.63, 3.8) is 0 Å². The number of nitrogens with zero attached hydrogens (tertiary/aromatic N) is 1. The second-order valence-electron chi connectivity index (χ2n) is 7.35. The van der Waals surface area contributed by atoms with Crippen molar-refractivity contribution in [3.8, 4) is 11.3 Å². The van der Waals surface area contributed by atoms with E-state index in [2.05, 4.69) is 66.2 Å². The number of hydrogen-bond donors (Lipinski definition) is 0. The molecule has 2 heterocycles. The minimum atomic E-state index is 1.00. The Balaban J connectivity index is 1.60. The van der Waals surface area contributed by atoms with Crippen molar-refractivity contribution in [1.82, 2.24) is 0 Å². The molecule has 0 saturated heterocycles. The van der Waals surface area contributed by atoms with Gasteiger partial charge in [-0.3, -0.25) is 0 Å². The van der Waals surface area contributed by atoms with E-state index in [-0.39, 0.29) is 0 Å². The number of hydrogen-bond acceptors (Lipinski definition) is 0. The maximum absolute atomic E-state index is 2.40. The largest absolute Gasteiger partial charge is 0.221 e. The van der Waals surface area contributed by atoms with Crippen LogP contribution in [0.15, 0.2) is 54.7 Å². The van der Waals surface area contributed by atoms with E-state index in [1.54, 1.807) is 0 Å². The molecule has 0 aliphatic carbocycles. The Labute approximate surface area is 151 Å². The number of fused-ring (bicyclic) bond motifs is 5. The summed E-state index contributed by atoms with van der Waals surface area (Å²) < 4.78 is 2.40. The first-order chi connectivity index (χ1) is 12.4. The number of rotatable bonds is 7. The Bertz CT molecular complexity index is 878. The lowest BCUT2D eigenvalue weighted by Crippen LogP contribution is -2.31. The van der Waals surface area contributed by atoms with Gasteiger partial charge in [-0.1, -0.05) is 69.4 Å². The zero-order chi connectivity index (χ0) is 17.1. The van der Waals surface area contributed by atoms with Gasteiger partial charge in [-0.15, -0.1) is 0 Å². The summed E-state index contributed by atoms with van der Waals surface area (Å²) in [6, 6.07) is 18.0. The molecule has 1 aliphatic heterocycles. The van der Waals surface area contributed by atoms with Gasteiger partial charge in [0.05, 0.1) is 10.9 Å². The quantitative estimate of drug-likeness (QED) is 0.286. The van der Waals surface area contributed by atoms with E-state index in [0.29, 0.717) is 0 Å². The van der Waals surface area contributed by atoms with Crippen LogP contribution in [0.4, 0.5) is 0 Å². The van der Waals surface area contributed by atoms with Gasteiger partial charge in [0, 0.05) is 11.6 Å². The molecule has 1 heteroatoms. The van der Waals surface area contributed by atoms with Crippen molar-refractivity contribution in [2.75, 3.05) is 0 Å². The van der Waals surface area contributed by atoms with Crippen LogP contribution in [0.2, 0.25) is 0 Å². The van der Waals surface area contributed by atoms with Crippen LogP contribution in [-0.4, -0.2) is 0 Å². The third-order valence-corrected chi connectivity index (χ3v) is 5.57. The molecule has 4 rings (SSSR count). The van der Waals surface area contributed by atoms with Gasteiger partial charge in [-0.2, -0.15) is 4.57 Å². The van der Waals surface area contributed by atoms with Gasteiger partial charge >= 0.3 is 0 Å². The topological polar surface area (TPSA) is 3.88 Å². The molecule has 0 radical (unpaired) electrons. The van der Waals surface area contributed by atoms with Gasteiger partial charge in [0.25, 0.3) is 0 Å². The lowest BCUT2D eigenvalue weighted by Gasteiger charge is -2.08. The van der Waals surface area contributed by atoms with Crippen molar-refractivity contribution in [2.24, 2.45) is 0 Å². The summed E-state index contributed by atoms with van der Waals surface area (Å²) in [6.07, 6.45) is 11.6. The van der Waals surface area contributed by atoms with E-state index in [4.69, 9.17) is 0 Å². The van der Waals surface area contributed by atoms with Crippen molar-refractivity contribution in [3.05, 3.63) is 65.9 Å². The lowest BCUT2D eigenvalue weighted by atomic mass is 9.97. The summed E-state index contributed by atoms with van der Waals surface area (Å²) in [4.78, 5) is 0. The first-order valence-electron chi connectivity index (χ1n) is 9.91. The van der Waals surface area contributed by atoms with E-state index < -0.39 is 0 Å². The molecule has 1 aromatic heterocycles. The van der Waals surface area contributed by atoms with E-state index in [0.717, 1.165) is 6.54 Å². The fraction of sp³-hybridized carbons (Fsp3) is 0.375. The van der Waals surface area contributed by atoms with Crippen LogP contribution >= 0.6 is 0 Å². The summed E-state index contributed by atoms with van der Waals surface area (Å²) in [5.74, 6) is 0. The predicted molar refractivity (Wildman–Crippen MR) is 106 cm³/mol. The van der Waals surface area contributed by atoms with Crippen LogP contribution in [0.3, 0.4) is 0 Å². The minimum absolute atomic E-state index is 1.00. The minimum Gasteiger partial charge on any atom is -0.193 e. The van der Waals surface area contributed by atoms with Crippen LogP contribution in [0, 0.1) is 0 Å². The zero-order valence-corrected chi connectivity index (χ0v) is 15.3. The summed E-state index contributed by atoms with van der Waals surface area (Å²) in [5, 5.41) is 2.86. The molecule has 1 nitrogen and oxygen atoms in total. The molecule has 25 heavy (non-hydrogen) atoms. The summed E-state index contributed by atoms with van der Waals surface area (Å²) >= 11 is 0. The Hall–Kier alpha value is -2.15. The second kappa shape index (κ2) is 7.39. The average Bonchev–Trinajstić information content (AvgIpc) is 3.03. The van der Waals surface area contributed by atoms with Crippen molar-refractivity contribution < 1.29 is 4.57 Å². The second-order valence-corrected chi connectivity index (χ2v) is 7.35. The van der Waals surface area contributed by atoms with Crippen molar-refractivity contribution in [2.45, 2.75) is 58.4 Å². The molecule has 0 unspecified atom stereocenters. The molecule has 0 N–H and O–H groups in total. The average molecular weight is 330 g/mol. The number of aromatic nitrogens is 1. The van der Waals surface area contributed by atoms with Gasteiger partial charge in [0.1, 0.15) is 0 Å². The molecule has 0 spiro atoms. The molecule has 0 saturated carbocycles. The Morgan fingerprint density at radius 1 is 0.800 bits per heavy atom. The molecule has 1 aliphatic rings. The standard InChI is InChI=1S/C24H28N/c1-2-3-4-5-6-7-11-19-13-10-15-23-21(19)16-17-25-18-20-12-8-9-14-22(20)24(23)25/h8-10,12-17H,2-7,11,18H2,1H3/q+1. The van der Waals surface area contributed by atoms with Gasteiger partial charge < -0.3 is 0 Å². The van der Waals surface area contributed by atoms with Crippen LogP contribution in [0.1, 0.15) is 56.6 Å². The van der Waals surface area contributed by atoms with Crippen molar-refractivity contribution >= 4 is 10.8 Å². The zero-order valence-electron chi connectivity index (χ0n) is 15.3. The van der Waals surface area contributed by atoms with Gasteiger partial charge in [0.2, 0.25) is 5.69 Å². The SMILES string of the molecule is CCCCCCCCc1cccc2c3[n+](ccc12)Cc1ccccc1-3. The fourth-order valence-electron chi connectivity index (χ4n) is 4.23. The van der Waals surface area contributed by atoms with E-state index in [9.17, 15) is 0 Å². The molecule has 0 fully saturated rings. The summed E-state index contributed by atoms with van der Waals surface area (Å²) in [5.41, 5.74) is 5.76. The van der Waals surface area contributed by atoms with Crippen molar-refractivity contribution in [1.29, 1.82) is 0 Å². The monoisotopic (exact) mass is 330 g/mol. The number of benzene rings is 2. The molecular weight excluding hydrogens is 302 g/mol. The number of pyridine rings is 1. The third kappa shape index (κ3) is 3.20. The van der Waals surface area contributed by atoms with Gasteiger partial charge in [-0.25, -0.2) is 0 Å². The first kappa shape index (κ1) is 16.3. The smallest absolute Gasteiger partial charge is 0.193 e. The highest BCUT2D eigenvalue weighted by molar-refractivity contribution is 5.96. The van der Waals surface area contributed by atoms with E-state index in [1.807, 2.05) is 0 Å². The Morgan fingerprint density at radius 3 is 2.56 bits per heavy atom. The summed E-state index contributed by atoms with van der Waals surface area (Å²) in [6.45, 7) is 3.29. The summed E-state index contributed by atoms with van der Waals surface area (Å²) in [7, 11) is 0. The highest BCUT2D eigenvalue weighted by atomic mass is 15.0. The number of unbranched alkanes of at least 4 members (excludes halogenated alkanes) is 5. The molecule has 0 bridgehead atoms.